The third-order valence-electron chi connectivity index (χ3n) is 3.39. The molecule has 1 heterocycles. The molecule has 0 saturated heterocycles. The van der Waals surface area contributed by atoms with Gasteiger partial charge in [0.1, 0.15) is 0 Å². The summed E-state index contributed by atoms with van der Waals surface area (Å²) in [6.07, 6.45) is 0. The molecule has 122 valence electrons. The van der Waals surface area contributed by atoms with Gasteiger partial charge in [-0.25, -0.2) is 8.42 Å². The Hall–Kier alpha value is -1.82. The maximum absolute atomic E-state index is 12.8. The molecule has 0 saturated carbocycles. The van der Waals surface area contributed by atoms with Crippen LogP contribution in [0.4, 0.5) is 0 Å². The quantitative estimate of drug-likeness (QED) is 0.545. The molecule has 0 atom stereocenters. The normalized spacial score (nSPS) is 12.3. The molecule has 0 fully saturated rings. The molecular formula is C19H16O2S3. The van der Waals surface area contributed by atoms with Crippen LogP contribution in [0.2, 0.25) is 0 Å². The molecule has 0 amide bonds. The summed E-state index contributed by atoms with van der Waals surface area (Å²) >= 11 is 3.01. The van der Waals surface area contributed by atoms with Gasteiger partial charge in [0.25, 0.3) is 0 Å². The first kappa shape index (κ1) is 17.0. The van der Waals surface area contributed by atoms with Crippen molar-refractivity contribution in [3.8, 4) is 0 Å². The average molecular weight is 373 g/mol. The summed E-state index contributed by atoms with van der Waals surface area (Å²) < 4.78 is 25.5. The summed E-state index contributed by atoms with van der Waals surface area (Å²) in [5.74, 6) is 0. The van der Waals surface area contributed by atoms with Crippen molar-refractivity contribution in [1.82, 2.24) is 0 Å². The molecule has 3 rings (SSSR count). The molecule has 0 aliphatic carbocycles. The number of sulfone groups is 1. The first-order valence-corrected chi connectivity index (χ1v) is 10.6. The van der Waals surface area contributed by atoms with Crippen molar-refractivity contribution in [1.29, 1.82) is 0 Å². The van der Waals surface area contributed by atoms with Crippen molar-refractivity contribution in [2.24, 2.45) is 0 Å². The van der Waals surface area contributed by atoms with Crippen LogP contribution < -0.4 is 0 Å². The summed E-state index contributed by atoms with van der Waals surface area (Å²) in [4.78, 5) is 2.05. The topological polar surface area (TPSA) is 34.1 Å². The summed E-state index contributed by atoms with van der Waals surface area (Å²) in [6, 6.07) is 18.7. The first-order chi connectivity index (χ1) is 11.5. The van der Waals surface area contributed by atoms with Crippen LogP contribution >= 0.6 is 23.1 Å². The largest absolute Gasteiger partial charge is 0.219 e. The number of thiophene rings is 1. The Labute approximate surface area is 150 Å². The van der Waals surface area contributed by atoms with Crippen LogP contribution in [0.5, 0.6) is 0 Å². The molecule has 1 aromatic heterocycles. The van der Waals surface area contributed by atoms with Gasteiger partial charge in [-0.1, -0.05) is 47.7 Å². The van der Waals surface area contributed by atoms with E-state index in [2.05, 4.69) is 0 Å². The number of rotatable bonds is 5. The van der Waals surface area contributed by atoms with E-state index in [1.807, 2.05) is 66.2 Å². The molecular weight excluding hydrogens is 356 g/mol. The predicted molar refractivity (Wildman–Crippen MR) is 103 cm³/mol. The van der Waals surface area contributed by atoms with Crippen molar-refractivity contribution in [3.05, 3.63) is 88.0 Å². The number of thioether (sulfide) groups is 1. The van der Waals surface area contributed by atoms with Crippen LogP contribution in [0.15, 0.2) is 86.6 Å². The lowest BCUT2D eigenvalue weighted by atomic mass is 10.2. The van der Waals surface area contributed by atoms with Crippen LogP contribution in [0.3, 0.4) is 0 Å². The monoisotopic (exact) mass is 372 g/mol. The van der Waals surface area contributed by atoms with Crippen LogP contribution in [-0.4, -0.2) is 8.42 Å². The Morgan fingerprint density at radius 1 is 1.00 bits per heavy atom. The fraction of sp³-hybridized carbons (Fsp3) is 0.0526. The van der Waals surface area contributed by atoms with Gasteiger partial charge in [-0.3, -0.25) is 0 Å². The molecule has 0 unspecified atom stereocenters. The van der Waals surface area contributed by atoms with Gasteiger partial charge in [0.05, 0.1) is 10.3 Å². The Morgan fingerprint density at radius 3 is 2.33 bits per heavy atom. The zero-order chi connectivity index (χ0) is 17.0. The van der Waals surface area contributed by atoms with Gasteiger partial charge in [0.2, 0.25) is 9.84 Å². The Bertz CT molecular complexity index is 924. The number of hydrogen-bond donors (Lipinski definition) is 0. The van der Waals surface area contributed by atoms with E-state index in [1.54, 1.807) is 23.5 Å². The highest BCUT2D eigenvalue weighted by Crippen LogP contribution is 2.36. The van der Waals surface area contributed by atoms with Gasteiger partial charge in [-0.15, -0.1) is 0 Å². The van der Waals surface area contributed by atoms with Crippen LogP contribution in [0, 0.1) is 6.92 Å². The smallest absolute Gasteiger partial charge is 0.200 e. The van der Waals surface area contributed by atoms with Gasteiger partial charge < -0.3 is 0 Å². The fourth-order valence-electron chi connectivity index (χ4n) is 2.11. The Morgan fingerprint density at radius 2 is 1.71 bits per heavy atom. The van der Waals surface area contributed by atoms with Gasteiger partial charge in [0, 0.05) is 9.80 Å². The summed E-state index contributed by atoms with van der Waals surface area (Å²) in [7, 11) is -3.50. The standard InChI is InChI=1S/C19H16O2S3/c1-15-7-9-18(10-8-15)24(20,21)14-19(16-11-12-22-13-16)23-17-5-3-2-4-6-17/h2-14H,1H3/b19-14+. The van der Waals surface area contributed by atoms with E-state index in [-0.39, 0.29) is 0 Å². The maximum atomic E-state index is 12.8. The lowest BCUT2D eigenvalue weighted by Gasteiger charge is -2.07. The molecule has 0 radical (unpaired) electrons. The van der Waals surface area contributed by atoms with E-state index >= 15 is 0 Å². The minimum Gasteiger partial charge on any atom is -0.219 e. The zero-order valence-corrected chi connectivity index (χ0v) is 15.5. The average Bonchev–Trinajstić information content (AvgIpc) is 3.10. The number of benzene rings is 2. The summed E-state index contributed by atoms with van der Waals surface area (Å²) in [5, 5.41) is 5.29. The van der Waals surface area contributed by atoms with E-state index in [9.17, 15) is 8.42 Å². The second-order valence-corrected chi connectivity index (χ2v) is 8.96. The highest BCUT2D eigenvalue weighted by Gasteiger charge is 2.15. The SMILES string of the molecule is Cc1ccc(S(=O)(=O)/C=C(/Sc2ccccc2)c2ccsc2)cc1. The van der Waals surface area contributed by atoms with Gasteiger partial charge in [0.15, 0.2) is 0 Å². The lowest BCUT2D eigenvalue weighted by Crippen LogP contribution is -1.97. The van der Waals surface area contributed by atoms with Gasteiger partial charge in [-0.05, 0) is 53.6 Å². The van der Waals surface area contributed by atoms with Crippen LogP contribution in [0.25, 0.3) is 4.91 Å². The Balaban J connectivity index is 2.01. The van der Waals surface area contributed by atoms with Crippen LogP contribution in [0.1, 0.15) is 11.1 Å². The maximum Gasteiger partial charge on any atom is 0.200 e. The van der Waals surface area contributed by atoms with Crippen molar-refractivity contribution in [3.63, 3.8) is 0 Å². The zero-order valence-electron chi connectivity index (χ0n) is 13.0. The van der Waals surface area contributed by atoms with E-state index in [0.29, 0.717) is 4.90 Å². The van der Waals surface area contributed by atoms with E-state index < -0.39 is 9.84 Å². The van der Waals surface area contributed by atoms with Crippen LogP contribution in [-0.2, 0) is 9.84 Å². The molecule has 5 heteroatoms. The van der Waals surface area contributed by atoms with Gasteiger partial charge >= 0.3 is 0 Å². The molecule has 0 N–H and O–H groups in total. The minimum absolute atomic E-state index is 0.314. The molecule has 0 aliphatic rings. The van der Waals surface area contributed by atoms with Crippen molar-refractivity contribution < 1.29 is 8.42 Å². The Kier molecular flexibility index (Phi) is 5.23. The van der Waals surface area contributed by atoms with Crippen molar-refractivity contribution in [2.45, 2.75) is 16.7 Å². The highest BCUT2D eigenvalue weighted by atomic mass is 32.2. The molecule has 3 aromatic rings. The van der Waals surface area contributed by atoms with Crippen molar-refractivity contribution in [2.75, 3.05) is 0 Å². The van der Waals surface area contributed by atoms with Crippen molar-refractivity contribution >= 4 is 37.8 Å². The molecule has 0 spiro atoms. The molecule has 0 bridgehead atoms. The molecule has 2 aromatic carbocycles. The number of aryl methyl sites for hydroxylation is 1. The van der Waals surface area contributed by atoms with E-state index in [0.717, 1.165) is 20.9 Å². The summed E-state index contributed by atoms with van der Waals surface area (Å²) in [5.41, 5.74) is 1.96. The molecule has 2 nitrogen and oxygen atoms in total. The van der Waals surface area contributed by atoms with Gasteiger partial charge in [-0.2, -0.15) is 11.3 Å². The highest BCUT2D eigenvalue weighted by molar-refractivity contribution is 8.09. The minimum atomic E-state index is -3.50. The van der Waals surface area contributed by atoms with E-state index in [4.69, 9.17) is 0 Å². The first-order valence-electron chi connectivity index (χ1n) is 7.33. The predicted octanol–water partition coefficient (Wildman–Crippen LogP) is 5.62. The number of hydrogen-bond acceptors (Lipinski definition) is 4. The fourth-order valence-corrected chi connectivity index (χ4v) is 5.27. The van der Waals surface area contributed by atoms with E-state index in [1.165, 1.54) is 17.2 Å². The lowest BCUT2D eigenvalue weighted by molar-refractivity contribution is 0.605. The molecule has 24 heavy (non-hydrogen) atoms. The summed E-state index contributed by atoms with van der Waals surface area (Å²) in [6.45, 7) is 1.94. The second-order valence-electron chi connectivity index (χ2n) is 5.27. The molecule has 0 aliphatic heterocycles. The third kappa shape index (κ3) is 4.17. The second kappa shape index (κ2) is 7.38. The third-order valence-corrected chi connectivity index (χ3v) is 6.78.